The highest BCUT2D eigenvalue weighted by molar-refractivity contribution is 5.39. The van der Waals surface area contributed by atoms with E-state index in [4.69, 9.17) is 4.74 Å². The molecule has 1 aromatic carbocycles. The molecule has 0 radical (unpaired) electrons. The fraction of sp³-hybridized carbons (Fsp3) is 0.429. The Morgan fingerprint density at radius 1 is 1.33 bits per heavy atom. The highest BCUT2D eigenvalue weighted by atomic mass is 16.6. The molecular formula is C14H16O. The van der Waals surface area contributed by atoms with Gasteiger partial charge in [-0.15, -0.1) is 0 Å². The van der Waals surface area contributed by atoms with Gasteiger partial charge in [-0.05, 0) is 18.9 Å². The van der Waals surface area contributed by atoms with Crippen molar-refractivity contribution in [1.82, 2.24) is 0 Å². The van der Waals surface area contributed by atoms with Gasteiger partial charge >= 0.3 is 0 Å². The summed E-state index contributed by atoms with van der Waals surface area (Å²) in [4.78, 5) is 0. The van der Waals surface area contributed by atoms with Crippen LogP contribution in [0.25, 0.3) is 0 Å². The largest absolute Gasteiger partial charge is 0.348 e. The first-order chi connectivity index (χ1) is 7.29. The van der Waals surface area contributed by atoms with Crippen LogP contribution in [0, 0.1) is 11.8 Å². The van der Waals surface area contributed by atoms with Crippen molar-refractivity contribution in [2.24, 2.45) is 0 Å². The molecule has 78 valence electrons. The number of ether oxygens (including phenoxy) is 1. The van der Waals surface area contributed by atoms with Crippen LogP contribution >= 0.6 is 0 Å². The monoisotopic (exact) mass is 200 g/mol. The van der Waals surface area contributed by atoms with Crippen molar-refractivity contribution in [1.29, 1.82) is 0 Å². The zero-order valence-corrected chi connectivity index (χ0v) is 9.29. The number of hydrogen-bond acceptors (Lipinski definition) is 1. The summed E-state index contributed by atoms with van der Waals surface area (Å²) in [6, 6.07) is 10.3. The first-order valence-corrected chi connectivity index (χ1v) is 5.53. The van der Waals surface area contributed by atoms with Gasteiger partial charge < -0.3 is 4.74 Å². The predicted molar refractivity (Wildman–Crippen MR) is 61.4 cm³/mol. The third kappa shape index (κ3) is 1.91. The molecule has 2 atom stereocenters. The number of benzene rings is 1. The van der Waals surface area contributed by atoms with Gasteiger partial charge in [0.2, 0.25) is 0 Å². The van der Waals surface area contributed by atoms with Crippen LogP contribution < -0.4 is 0 Å². The standard InChI is InChI=1S/C14H16O/c1-3-4-8-11-14(12(2)15-14)13-9-6-5-7-10-13/h5-7,9-10,12H,3-4H2,1-2H3/t12-,14+/m1/s1. The quantitative estimate of drug-likeness (QED) is 0.528. The molecule has 1 aliphatic rings. The van der Waals surface area contributed by atoms with Gasteiger partial charge in [-0.2, -0.15) is 0 Å². The van der Waals surface area contributed by atoms with E-state index in [1.165, 1.54) is 5.56 Å². The minimum Gasteiger partial charge on any atom is -0.348 e. The highest BCUT2D eigenvalue weighted by Crippen LogP contribution is 2.45. The third-order valence-corrected chi connectivity index (χ3v) is 2.73. The van der Waals surface area contributed by atoms with Gasteiger partial charge in [0.1, 0.15) is 6.10 Å². The fourth-order valence-electron chi connectivity index (χ4n) is 1.76. The van der Waals surface area contributed by atoms with E-state index in [9.17, 15) is 0 Å². The SMILES string of the molecule is CCCC#C[C@]1(c2ccccc2)O[C@@H]1C. The Hall–Kier alpha value is -1.26. The minimum absolute atomic E-state index is 0.226. The summed E-state index contributed by atoms with van der Waals surface area (Å²) in [6.45, 7) is 4.22. The molecule has 0 spiro atoms. The van der Waals surface area contributed by atoms with Gasteiger partial charge in [0.15, 0.2) is 5.60 Å². The molecule has 0 amide bonds. The Morgan fingerprint density at radius 2 is 2.00 bits per heavy atom. The lowest BCUT2D eigenvalue weighted by Gasteiger charge is -2.04. The average Bonchev–Trinajstić information content (AvgIpc) is 2.93. The van der Waals surface area contributed by atoms with Gasteiger partial charge in [-0.1, -0.05) is 49.1 Å². The zero-order chi connectivity index (χ0) is 10.7. The molecule has 1 aromatic rings. The van der Waals surface area contributed by atoms with Gasteiger partial charge in [-0.3, -0.25) is 0 Å². The molecule has 2 rings (SSSR count). The predicted octanol–water partition coefficient (Wildman–Crippen LogP) is 3.10. The topological polar surface area (TPSA) is 12.5 Å². The second-order valence-corrected chi connectivity index (χ2v) is 3.91. The number of rotatable bonds is 2. The number of epoxide rings is 1. The number of hydrogen-bond donors (Lipinski definition) is 0. The molecule has 1 fully saturated rings. The van der Waals surface area contributed by atoms with Crippen LogP contribution in [0.3, 0.4) is 0 Å². The second kappa shape index (κ2) is 4.08. The van der Waals surface area contributed by atoms with Gasteiger partial charge in [0.25, 0.3) is 0 Å². The summed E-state index contributed by atoms with van der Waals surface area (Å²) in [6.07, 6.45) is 2.28. The second-order valence-electron chi connectivity index (χ2n) is 3.91. The van der Waals surface area contributed by atoms with Crippen LogP contribution in [0.1, 0.15) is 32.3 Å². The van der Waals surface area contributed by atoms with E-state index in [1.807, 2.05) is 18.2 Å². The van der Waals surface area contributed by atoms with Crippen LogP contribution in [-0.4, -0.2) is 6.10 Å². The molecule has 0 unspecified atom stereocenters. The molecule has 0 aromatic heterocycles. The maximum atomic E-state index is 5.66. The maximum absolute atomic E-state index is 5.66. The lowest BCUT2D eigenvalue weighted by Crippen LogP contribution is -2.08. The van der Waals surface area contributed by atoms with Gasteiger partial charge in [-0.25, -0.2) is 0 Å². The molecule has 1 heteroatoms. The normalized spacial score (nSPS) is 28.0. The van der Waals surface area contributed by atoms with Gasteiger partial charge in [0.05, 0.1) is 0 Å². The molecule has 1 nitrogen and oxygen atoms in total. The Labute approximate surface area is 91.5 Å². The van der Waals surface area contributed by atoms with E-state index in [-0.39, 0.29) is 11.7 Å². The first-order valence-electron chi connectivity index (χ1n) is 5.53. The Balaban J connectivity index is 2.22. The Kier molecular flexibility index (Phi) is 2.79. The smallest absolute Gasteiger partial charge is 0.180 e. The molecule has 1 heterocycles. The summed E-state index contributed by atoms with van der Waals surface area (Å²) in [5.41, 5.74) is 0.872. The average molecular weight is 200 g/mol. The molecule has 0 bridgehead atoms. The summed E-state index contributed by atoms with van der Waals surface area (Å²) in [5, 5.41) is 0. The van der Waals surface area contributed by atoms with Crippen molar-refractivity contribution in [3.8, 4) is 11.8 Å². The van der Waals surface area contributed by atoms with E-state index in [0.29, 0.717) is 0 Å². The minimum atomic E-state index is -0.309. The molecule has 15 heavy (non-hydrogen) atoms. The summed E-state index contributed by atoms with van der Waals surface area (Å²) in [5.74, 6) is 6.46. The van der Waals surface area contributed by atoms with Crippen LogP contribution in [0.4, 0.5) is 0 Å². The lowest BCUT2D eigenvalue weighted by molar-refractivity contribution is 0.345. The van der Waals surface area contributed by atoms with Crippen LogP contribution in [0.5, 0.6) is 0 Å². The highest BCUT2D eigenvalue weighted by Gasteiger charge is 2.53. The van der Waals surface area contributed by atoms with Crippen LogP contribution in [-0.2, 0) is 10.3 Å². The van der Waals surface area contributed by atoms with Crippen molar-refractivity contribution in [2.75, 3.05) is 0 Å². The van der Waals surface area contributed by atoms with Gasteiger partial charge in [0, 0.05) is 6.42 Å². The van der Waals surface area contributed by atoms with E-state index in [1.54, 1.807) is 0 Å². The first kappa shape index (κ1) is 10.3. The summed E-state index contributed by atoms with van der Waals surface area (Å²) in [7, 11) is 0. The van der Waals surface area contributed by atoms with Crippen LogP contribution in [0.2, 0.25) is 0 Å². The van der Waals surface area contributed by atoms with E-state index < -0.39 is 0 Å². The van der Waals surface area contributed by atoms with Crippen LogP contribution in [0.15, 0.2) is 30.3 Å². The molecule has 0 N–H and O–H groups in total. The van der Waals surface area contributed by atoms with Crippen molar-refractivity contribution in [3.05, 3.63) is 35.9 Å². The summed E-state index contributed by atoms with van der Waals surface area (Å²) < 4.78 is 5.66. The zero-order valence-electron chi connectivity index (χ0n) is 9.29. The number of unbranched alkanes of at least 4 members (excludes halogenated alkanes) is 1. The van der Waals surface area contributed by atoms with Crippen molar-refractivity contribution >= 4 is 0 Å². The molecule has 1 aliphatic heterocycles. The third-order valence-electron chi connectivity index (χ3n) is 2.73. The molecule has 0 saturated carbocycles. The summed E-state index contributed by atoms with van der Waals surface area (Å²) >= 11 is 0. The fourth-order valence-corrected chi connectivity index (χ4v) is 1.76. The Bertz CT molecular complexity index is 385. The molecule has 0 aliphatic carbocycles. The molecular weight excluding hydrogens is 184 g/mol. The van der Waals surface area contributed by atoms with E-state index in [0.717, 1.165) is 12.8 Å². The van der Waals surface area contributed by atoms with Crippen molar-refractivity contribution in [3.63, 3.8) is 0 Å². The van der Waals surface area contributed by atoms with Crippen molar-refractivity contribution in [2.45, 2.75) is 38.4 Å². The maximum Gasteiger partial charge on any atom is 0.180 e. The Morgan fingerprint density at radius 3 is 2.53 bits per heavy atom. The van der Waals surface area contributed by atoms with Crippen molar-refractivity contribution < 1.29 is 4.74 Å². The van der Waals surface area contributed by atoms with E-state index in [2.05, 4.69) is 37.8 Å². The van der Waals surface area contributed by atoms with E-state index >= 15 is 0 Å². The lowest BCUT2D eigenvalue weighted by atomic mass is 9.96. The molecule has 1 saturated heterocycles.